The molecule has 0 spiro atoms. The molecule has 1 aromatic heterocycles. The predicted molar refractivity (Wildman–Crippen MR) is 130 cm³/mol. The number of carbonyl (C=O) groups excluding carboxylic acids is 2. The third-order valence-corrected chi connectivity index (χ3v) is 7.39. The van der Waals surface area contributed by atoms with Gasteiger partial charge in [-0.05, 0) is 67.6 Å². The third kappa shape index (κ3) is 5.50. The van der Waals surface area contributed by atoms with Gasteiger partial charge in [0.2, 0.25) is 0 Å². The first-order valence-electron chi connectivity index (χ1n) is 10.6. The number of fused-ring (bicyclic) bond motifs is 1. The zero-order chi connectivity index (χ0) is 25.9. The van der Waals surface area contributed by atoms with E-state index in [0.717, 1.165) is 35.6 Å². The highest BCUT2D eigenvalue weighted by atomic mass is 32.2. The molecule has 1 heterocycles. The lowest BCUT2D eigenvalue weighted by atomic mass is 10.2. The summed E-state index contributed by atoms with van der Waals surface area (Å²) in [5.74, 6) is -2.41. The minimum absolute atomic E-state index is 0.106. The Morgan fingerprint density at radius 1 is 1.03 bits per heavy atom. The van der Waals surface area contributed by atoms with Crippen LogP contribution in [0, 0.1) is 11.6 Å². The van der Waals surface area contributed by atoms with Gasteiger partial charge in [0.15, 0.2) is 4.80 Å². The van der Waals surface area contributed by atoms with Gasteiger partial charge in [-0.3, -0.25) is 14.3 Å². The average molecular weight is 532 g/mol. The number of hydrogen-bond acceptors (Lipinski definition) is 6. The number of sulfonamides is 1. The molecule has 0 saturated carbocycles. The molecule has 0 radical (unpaired) electrons. The van der Waals surface area contributed by atoms with Crippen LogP contribution in [0.5, 0.6) is 0 Å². The van der Waals surface area contributed by atoms with E-state index in [4.69, 9.17) is 4.74 Å². The minimum Gasteiger partial charge on any atom is -0.465 e. The van der Waals surface area contributed by atoms with Crippen LogP contribution >= 0.6 is 11.3 Å². The van der Waals surface area contributed by atoms with E-state index >= 15 is 0 Å². The van der Waals surface area contributed by atoms with Crippen LogP contribution in [-0.4, -0.2) is 31.5 Å². The van der Waals surface area contributed by atoms with Crippen molar-refractivity contribution >= 4 is 49.1 Å². The van der Waals surface area contributed by atoms with E-state index in [0.29, 0.717) is 4.70 Å². The fourth-order valence-corrected chi connectivity index (χ4v) is 5.42. The van der Waals surface area contributed by atoms with Crippen molar-refractivity contribution in [3.63, 3.8) is 0 Å². The maximum atomic E-state index is 14.5. The smallest absolute Gasteiger partial charge is 0.326 e. The average Bonchev–Trinajstić information content (AvgIpc) is 3.17. The molecular formula is C24H19F2N3O5S2. The monoisotopic (exact) mass is 531 g/mol. The summed E-state index contributed by atoms with van der Waals surface area (Å²) in [6, 6.07) is 14.2. The Balaban J connectivity index is 1.62. The molecule has 0 bridgehead atoms. The van der Waals surface area contributed by atoms with E-state index in [-0.39, 0.29) is 39.6 Å². The number of aromatic nitrogens is 1. The van der Waals surface area contributed by atoms with Crippen LogP contribution in [0.2, 0.25) is 0 Å². The molecule has 0 aliphatic carbocycles. The first-order chi connectivity index (χ1) is 17.2. The number of carbonyl (C=O) groups is 2. The van der Waals surface area contributed by atoms with Crippen LogP contribution in [0.1, 0.15) is 17.3 Å². The minimum atomic E-state index is -3.96. The first-order valence-corrected chi connectivity index (χ1v) is 12.9. The predicted octanol–water partition coefficient (Wildman–Crippen LogP) is 4.09. The second kappa shape index (κ2) is 10.4. The van der Waals surface area contributed by atoms with Crippen LogP contribution < -0.4 is 9.52 Å². The van der Waals surface area contributed by atoms with Crippen molar-refractivity contribution in [2.45, 2.75) is 18.4 Å². The summed E-state index contributed by atoms with van der Waals surface area (Å²) in [6.07, 6.45) is 0. The van der Waals surface area contributed by atoms with Crippen molar-refractivity contribution in [3.8, 4) is 0 Å². The Kier molecular flexibility index (Phi) is 7.27. The summed E-state index contributed by atoms with van der Waals surface area (Å²) in [5.41, 5.74) is 0.449. The molecule has 0 aliphatic rings. The highest BCUT2D eigenvalue weighted by Crippen LogP contribution is 2.21. The maximum Gasteiger partial charge on any atom is 0.326 e. The van der Waals surface area contributed by atoms with Gasteiger partial charge < -0.3 is 9.30 Å². The number of nitrogens with zero attached hydrogens (tertiary/aromatic N) is 2. The lowest BCUT2D eigenvalue weighted by Gasteiger charge is -2.08. The van der Waals surface area contributed by atoms with Crippen molar-refractivity contribution in [2.24, 2.45) is 4.99 Å². The van der Waals surface area contributed by atoms with Crippen LogP contribution in [0.15, 0.2) is 76.6 Å². The molecular weight excluding hydrogens is 512 g/mol. The van der Waals surface area contributed by atoms with Gasteiger partial charge in [0.1, 0.15) is 18.2 Å². The zero-order valence-corrected chi connectivity index (χ0v) is 20.4. The second-order valence-corrected chi connectivity index (χ2v) is 10.1. The standard InChI is InChI=1S/C24H19F2N3O5S2/c1-2-34-21(30)14-29-22-19(26)4-3-5-20(22)35-24(29)27-23(31)15-6-10-17(11-7-15)28-36(32,33)18-12-8-16(25)9-13-18/h3-13,28H,2,14H2,1H3. The number of amides is 1. The summed E-state index contributed by atoms with van der Waals surface area (Å²) >= 11 is 1.04. The molecule has 8 nitrogen and oxygen atoms in total. The molecule has 0 unspecified atom stereocenters. The molecule has 0 aliphatic heterocycles. The van der Waals surface area contributed by atoms with Gasteiger partial charge in [0.25, 0.3) is 15.9 Å². The number of anilines is 1. The quantitative estimate of drug-likeness (QED) is 0.362. The highest BCUT2D eigenvalue weighted by Gasteiger charge is 2.17. The normalized spacial score (nSPS) is 12.0. The molecule has 1 N–H and O–H groups in total. The van der Waals surface area contributed by atoms with E-state index < -0.39 is 33.5 Å². The number of para-hydroxylation sites is 1. The van der Waals surface area contributed by atoms with E-state index in [1.54, 1.807) is 13.0 Å². The topological polar surface area (TPSA) is 107 Å². The lowest BCUT2D eigenvalue weighted by molar-refractivity contribution is -0.143. The van der Waals surface area contributed by atoms with Gasteiger partial charge in [0, 0.05) is 11.3 Å². The third-order valence-electron chi connectivity index (χ3n) is 4.95. The Hall–Kier alpha value is -3.90. The van der Waals surface area contributed by atoms with Crippen molar-refractivity contribution in [1.29, 1.82) is 0 Å². The van der Waals surface area contributed by atoms with E-state index in [9.17, 15) is 26.8 Å². The number of nitrogens with one attached hydrogen (secondary N) is 1. The zero-order valence-electron chi connectivity index (χ0n) is 18.8. The number of rotatable bonds is 7. The summed E-state index contributed by atoms with van der Waals surface area (Å²) in [7, 11) is -3.96. The van der Waals surface area contributed by atoms with E-state index in [2.05, 4.69) is 9.71 Å². The number of thiazole rings is 1. The van der Waals surface area contributed by atoms with Crippen LogP contribution in [0.4, 0.5) is 14.5 Å². The molecule has 4 aromatic rings. The fraction of sp³-hybridized carbons (Fsp3) is 0.125. The Labute approximate surface area is 208 Å². The maximum absolute atomic E-state index is 14.5. The van der Waals surface area contributed by atoms with Crippen molar-refractivity contribution < 1.29 is 31.5 Å². The van der Waals surface area contributed by atoms with Gasteiger partial charge in [-0.25, -0.2) is 17.2 Å². The van der Waals surface area contributed by atoms with Gasteiger partial charge in [0.05, 0.1) is 21.7 Å². The summed E-state index contributed by atoms with van der Waals surface area (Å²) < 4.78 is 61.6. The van der Waals surface area contributed by atoms with Crippen molar-refractivity contribution in [3.05, 3.63) is 88.7 Å². The number of hydrogen-bond donors (Lipinski definition) is 1. The second-order valence-electron chi connectivity index (χ2n) is 7.42. The van der Waals surface area contributed by atoms with Crippen LogP contribution in [0.3, 0.4) is 0 Å². The van der Waals surface area contributed by atoms with Crippen LogP contribution in [0.25, 0.3) is 10.2 Å². The van der Waals surface area contributed by atoms with Gasteiger partial charge >= 0.3 is 5.97 Å². The lowest BCUT2D eigenvalue weighted by Crippen LogP contribution is -2.23. The summed E-state index contributed by atoms with van der Waals surface area (Å²) in [6.45, 7) is 1.46. The Morgan fingerprint density at radius 3 is 2.39 bits per heavy atom. The first kappa shape index (κ1) is 25.2. The Morgan fingerprint density at radius 2 is 1.72 bits per heavy atom. The van der Waals surface area contributed by atoms with Crippen molar-refractivity contribution in [1.82, 2.24) is 4.57 Å². The molecule has 12 heteroatoms. The highest BCUT2D eigenvalue weighted by molar-refractivity contribution is 7.92. The van der Waals surface area contributed by atoms with E-state index in [1.807, 2.05) is 0 Å². The molecule has 0 atom stereocenters. The summed E-state index contributed by atoms with van der Waals surface area (Å²) in [4.78, 5) is 29.0. The SMILES string of the molecule is CCOC(=O)Cn1c(=NC(=O)c2ccc(NS(=O)(=O)c3ccc(F)cc3)cc2)sc2cccc(F)c21. The van der Waals surface area contributed by atoms with Gasteiger partial charge in [-0.15, -0.1) is 0 Å². The molecule has 0 fully saturated rings. The summed E-state index contributed by atoms with van der Waals surface area (Å²) in [5, 5.41) is 0. The Bertz CT molecular complexity index is 1610. The van der Waals surface area contributed by atoms with Gasteiger partial charge in [-0.1, -0.05) is 17.4 Å². The van der Waals surface area contributed by atoms with Gasteiger partial charge in [-0.2, -0.15) is 4.99 Å². The molecule has 1 amide bonds. The fourth-order valence-electron chi connectivity index (χ4n) is 3.31. The largest absolute Gasteiger partial charge is 0.465 e. The molecule has 36 heavy (non-hydrogen) atoms. The number of benzene rings is 3. The van der Waals surface area contributed by atoms with Crippen LogP contribution in [-0.2, 0) is 26.1 Å². The molecule has 3 aromatic carbocycles. The number of ether oxygens (including phenoxy) is 1. The van der Waals surface area contributed by atoms with Crippen molar-refractivity contribution in [2.75, 3.05) is 11.3 Å². The molecule has 186 valence electrons. The molecule has 4 rings (SSSR count). The number of halogens is 2. The number of esters is 1. The van der Waals surface area contributed by atoms with E-state index in [1.165, 1.54) is 41.0 Å². The molecule has 0 saturated heterocycles.